The Hall–Kier alpha value is 0.569. The molecule has 0 aliphatic rings. The van der Waals surface area contributed by atoms with Crippen molar-refractivity contribution in [3.63, 3.8) is 0 Å². The summed E-state index contributed by atoms with van der Waals surface area (Å²) < 4.78 is 0. The molecular formula is C2H6Cl2CuO2. The van der Waals surface area contributed by atoms with Gasteiger partial charge in [-0.1, -0.05) is 0 Å². The molecule has 0 heterocycles. The van der Waals surface area contributed by atoms with Crippen LogP contribution in [0.15, 0.2) is 0 Å². The normalized spacial score (nSPS) is 3.57. The van der Waals surface area contributed by atoms with Crippen molar-refractivity contribution in [1.29, 1.82) is 0 Å². The summed E-state index contributed by atoms with van der Waals surface area (Å²) in [4.78, 5) is 9.00. The minimum Gasteiger partial charge on any atom is -0.481 e. The minimum atomic E-state index is -0.833. The van der Waals surface area contributed by atoms with Crippen molar-refractivity contribution >= 4 is 30.8 Å². The second-order valence-electron chi connectivity index (χ2n) is 0.519. The van der Waals surface area contributed by atoms with Crippen molar-refractivity contribution in [2.75, 3.05) is 0 Å². The molecule has 0 aromatic heterocycles. The van der Waals surface area contributed by atoms with Crippen molar-refractivity contribution in [1.82, 2.24) is 0 Å². The van der Waals surface area contributed by atoms with E-state index in [2.05, 4.69) is 0 Å². The molecule has 0 amide bonds. The molecule has 0 aliphatic heterocycles. The van der Waals surface area contributed by atoms with Gasteiger partial charge >= 0.3 is 0 Å². The van der Waals surface area contributed by atoms with Crippen LogP contribution in [0.25, 0.3) is 0 Å². The molecule has 5 heteroatoms. The van der Waals surface area contributed by atoms with Gasteiger partial charge in [-0.25, -0.2) is 0 Å². The Kier molecular flexibility index (Phi) is 58.6. The van der Waals surface area contributed by atoms with Gasteiger partial charge in [0.25, 0.3) is 5.97 Å². The Morgan fingerprint density at radius 3 is 1.43 bits per heavy atom. The Morgan fingerprint density at radius 1 is 1.43 bits per heavy atom. The van der Waals surface area contributed by atoms with Gasteiger partial charge in [0, 0.05) is 24.0 Å². The van der Waals surface area contributed by atoms with Crippen molar-refractivity contribution < 1.29 is 27.0 Å². The van der Waals surface area contributed by atoms with Gasteiger partial charge in [0.1, 0.15) is 0 Å². The third kappa shape index (κ3) is 423. The molecule has 1 radical (unpaired) electrons. The van der Waals surface area contributed by atoms with Gasteiger partial charge in [0.2, 0.25) is 0 Å². The molecule has 7 heavy (non-hydrogen) atoms. The van der Waals surface area contributed by atoms with E-state index in [9.17, 15) is 0 Å². The summed E-state index contributed by atoms with van der Waals surface area (Å²) in [6, 6.07) is 0. The first-order valence-corrected chi connectivity index (χ1v) is 0.928. The fourth-order valence-corrected chi connectivity index (χ4v) is 0. The molecular weight excluding hydrogens is 190 g/mol. The molecule has 0 aliphatic carbocycles. The van der Waals surface area contributed by atoms with E-state index in [1.54, 1.807) is 0 Å². The Balaban J connectivity index is -0.0000000150. The summed E-state index contributed by atoms with van der Waals surface area (Å²) >= 11 is 0. The average molecular weight is 197 g/mol. The fraction of sp³-hybridized carbons (Fsp3) is 0.500. The van der Waals surface area contributed by atoms with E-state index in [1.807, 2.05) is 0 Å². The van der Waals surface area contributed by atoms with Crippen LogP contribution in [0.4, 0.5) is 0 Å². The van der Waals surface area contributed by atoms with E-state index in [0.29, 0.717) is 0 Å². The minimum absolute atomic E-state index is 0. The van der Waals surface area contributed by atoms with Gasteiger partial charge in [0.05, 0.1) is 0 Å². The van der Waals surface area contributed by atoms with Crippen molar-refractivity contribution in [2.45, 2.75) is 6.92 Å². The number of carboxylic acids is 1. The maximum Gasteiger partial charge on any atom is 0.300 e. The van der Waals surface area contributed by atoms with Crippen LogP contribution in [0, 0.1) is 0 Å². The van der Waals surface area contributed by atoms with Gasteiger partial charge in [-0.3, -0.25) is 4.79 Å². The monoisotopic (exact) mass is 195 g/mol. The molecule has 51 valence electrons. The zero-order valence-corrected chi connectivity index (χ0v) is 6.05. The second kappa shape index (κ2) is 16.0. The van der Waals surface area contributed by atoms with Gasteiger partial charge in [0.15, 0.2) is 0 Å². The van der Waals surface area contributed by atoms with E-state index in [1.165, 1.54) is 0 Å². The SMILES string of the molecule is CC(=O)O.Cl.Cl.[Cu]. The number of halogens is 2. The zero-order chi connectivity index (χ0) is 3.58. The molecule has 0 fully saturated rings. The molecule has 0 saturated carbocycles. The predicted molar refractivity (Wildman–Crippen MR) is 27.8 cm³/mol. The number of hydrogen-bond donors (Lipinski definition) is 1. The van der Waals surface area contributed by atoms with Crippen LogP contribution in [0.5, 0.6) is 0 Å². The Bertz CT molecular complexity index is 36.7. The summed E-state index contributed by atoms with van der Waals surface area (Å²) in [5, 5.41) is 7.42. The zero-order valence-electron chi connectivity index (χ0n) is 3.47. The predicted octanol–water partition coefficient (Wildman–Crippen LogP) is 0.932. The maximum atomic E-state index is 9.00. The van der Waals surface area contributed by atoms with Gasteiger partial charge < -0.3 is 5.11 Å². The number of carboxylic acid groups (broad SMARTS) is 1. The first-order chi connectivity index (χ1) is 1.73. The third-order valence-corrected chi connectivity index (χ3v) is 0. The number of carbonyl (C=O) groups is 1. The topological polar surface area (TPSA) is 37.3 Å². The Labute approximate surface area is 65.0 Å². The van der Waals surface area contributed by atoms with Crippen LogP contribution in [0.2, 0.25) is 0 Å². The smallest absolute Gasteiger partial charge is 0.300 e. The average Bonchev–Trinajstić information content (AvgIpc) is 0.811. The van der Waals surface area contributed by atoms with Gasteiger partial charge in [-0.2, -0.15) is 0 Å². The third-order valence-electron chi connectivity index (χ3n) is 0. The summed E-state index contributed by atoms with van der Waals surface area (Å²) in [5.74, 6) is -0.833. The summed E-state index contributed by atoms with van der Waals surface area (Å²) in [7, 11) is 0. The summed E-state index contributed by atoms with van der Waals surface area (Å²) in [6.45, 7) is 1.08. The molecule has 1 N–H and O–H groups in total. The van der Waals surface area contributed by atoms with Crippen LogP contribution < -0.4 is 0 Å². The van der Waals surface area contributed by atoms with E-state index < -0.39 is 5.97 Å². The number of hydrogen-bond acceptors (Lipinski definition) is 1. The summed E-state index contributed by atoms with van der Waals surface area (Å²) in [5.41, 5.74) is 0. The van der Waals surface area contributed by atoms with Gasteiger partial charge in [-0.05, 0) is 0 Å². The number of rotatable bonds is 0. The first-order valence-electron chi connectivity index (χ1n) is 0.928. The standard InChI is InChI=1S/C2H4O2.2ClH.Cu/c1-2(3)4;;;/h1H3,(H,3,4);2*1H;. The van der Waals surface area contributed by atoms with Crippen molar-refractivity contribution in [2.24, 2.45) is 0 Å². The van der Waals surface area contributed by atoms with E-state index in [0.717, 1.165) is 6.92 Å². The largest absolute Gasteiger partial charge is 0.481 e. The van der Waals surface area contributed by atoms with Crippen LogP contribution in [0.1, 0.15) is 6.92 Å². The van der Waals surface area contributed by atoms with Crippen molar-refractivity contribution in [3.05, 3.63) is 0 Å². The van der Waals surface area contributed by atoms with Crippen LogP contribution in [0.3, 0.4) is 0 Å². The van der Waals surface area contributed by atoms with Crippen LogP contribution in [-0.2, 0) is 21.9 Å². The molecule has 0 atom stereocenters. The van der Waals surface area contributed by atoms with Crippen LogP contribution in [-0.4, -0.2) is 11.1 Å². The molecule has 0 bridgehead atoms. The fourth-order valence-electron chi connectivity index (χ4n) is 0. The van der Waals surface area contributed by atoms with E-state index in [-0.39, 0.29) is 41.9 Å². The van der Waals surface area contributed by atoms with Crippen LogP contribution >= 0.6 is 24.8 Å². The molecule has 0 aromatic rings. The van der Waals surface area contributed by atoms with Gasteiger partial charge in [-0.15, -0.1) is 24.8 Å². The molecule has 2 nitrogen and oxygen atoms in total. The first kappa shape index (κ1) is 25.6. The molecule has 0 aromatic carbocycles. The molecule has 0 unspecified atom stereocenters. The van der Waals surface area contributed by atoms with E-state index >= 15 is 0 Å². The number of aliphatic carboxylic acids is 1. The molecule has 0 rings (SSSR count). The van der Waals surface area contributed by atoms with Crippen molar-refractivity contribution in [3.8, 4) is 0 Å². The van der Waals surface area contributed by atoms with E-state index in [4.69, 9.17) is 9.90 Å². The molecule has 0 spiro atoms. The quantitative estimate of drug-likeness (QED) is 0.586. The second-order valence-corrected chi connectivity index (χ2v) is 0.519. The maximum absolute atomic E-state index is 9.00. The summed E-state index contributed by atoms with van der Waals surface area (Å²) in [6.07, 6.45) is 0. The molecule has 0 saturated heterocycles. The Morgan fingerprint density at radius 2 is 1.43 bits per heavy atom.